The van der Waals surface area contributed by atoms with Crippen LogP contribution in [0.3, 0.4) is 0 Å². The number of para-hydroxylation sites is 1. The fourth-order valence-electron chi connectivity index (χ4n) is 1.22. The summed E-state index contributed by atoms with van der Waals surface area (Å²) in [5, 5.41) is 3.08. The summed E-state index contributed by atoms with van der Waals surface area (Å²) in [6.45, 7) is 3.50. The summed E-state index contributed by atoms with van der Waals surface area (Å²) in [7, 11) is 0. The van der Waals surface area contributed by atoms with E-state index in [-0.39, 0.29) is 12.6 Å². The molecule has 1 aromatic carbocycles. The summed E-state index contributed by atoms with van der Waals surface area (Å²) < 4.78 is 4.89. The van der Waals surface area contributed by atoms with Gasteiger partial charge in [-0.3, -0.25) is 0 Å². The minimum atomic E-state index is -0.793. The molecule has 1 rings (SSSR count). The second kappa shape index (κ2) is 5.22. The van der Waals surface area contributed by atoms with E-state index in [9.17, 15) is 4.79 Å². The van der Waals surface area contributed by atoms with Gasteiger partial charge < -0.3 is 10.1 Å². The number of anilines is 1. The van der Waals surface area contributed by atoms with Crippen molar-refractivity contribution in [2.24, 2.45) is 0 Å². The van der Waals surface area contributed by atoms with Crippen LogP contribution in [0.5, 0.6) is 0 Å². The van der Waals surface area contributed by atoms with E-state index < -0.39 is 5.54 Å². The Morgan fingerprint density at radius 1 is 1.44 bits per heavy atom. The molecule has 0 bridgehead atoms. The first-order valence-electron chi connectivity index (χ1n) is 5.00. The monoisotopic (exact) mass is 217 g/mol. The molecule has 0 aliphatic heterocycles. The van der Waals surface area contributed by atoms with Gasteiger partial charge in [0.2, 0.25) is 0 Å². The van der Waals surface area contributed by atoms with Crippen LogP contribution in [-0.2, 0) is 9.53 Å². The zero-order chi connectivity index (χ0) is 12.0. The number of hydrogen-bond donors (Lipinski definition) is 1. The van der Waals surface area contributed by atoms with Gasteiger partial charge in [-0.05, 0) is 26.0 Å². The van der Waals surface area contributed by atoms with Gasteiger partial charge in [0.15, 0.2) is 6.61 Å². The van der Waals surface area contributed by atoms with E-state index in [1.807, 2.05) is 30.3 Å². The Hall–Kier alpha value is -1.95. The number of ether oxygens (including phenoxy) is 1. The minimum absolute atomic E-state index is 0.00126. The van der Waals surface area contributed by atoms with Crippen LogP contribution >= 0.6 is 0 Å². The first kappa shape index (κ1) is 12.1. The van der Waals surface area contributed by atoms with Gasteiger partial charge in [-0.15, -0.1) is 6.42 Å². The van der Waals surface area contributed by atoms with Crippen molar-refractivity contribution in [3.05, 3.63) is 30.3 Å². The number of terminal acetylenes is 1. The number of benzene rings is 1. The molecule has 3 nitrogen and oxygen atoms in total. The second-order valence-corrected chi connectivity index (χ2v) is 3.90. The van der Waals surface area contributed by atoms with Gasteiger partial charge in [-0.1, -0.05) is 24.1 Å². The van der Waals surface area contributed by atoms with Crippen LogP contribution in [0, 0.1) is 12.3 Å². The van der Waals surface area contributed by atoms with Gasteiger partial charge in [0, 0.05) is 5.69 Å². The molecule has 0 heterocycles. The molecular formula is C13H15NO2. The molecule has 3 heteroatoms. The zero-order valence-corrected chi connectivity index (χ0v) is 9.49. The van der Waals surface area contributed by atoms with E-state index in [4.69, 9.17) is 11.2 Å². The van der Waals surface area contributed by atoms with Crippen LogP contribution in [0.25, 0.3) is 0 Å². The largest absolute Gasteiger partial charge is 0.451 e. The van der Waals surface area contributed by atoms with Crippen LogP contribution in [0.1, 0.15) is 13.8 Å². The van der Waals surface area contributed by atoms with E-state index in [1.165, 1.54) is 0 Å². The maximum absolute atomic E-state index is 11.6. The third kappa shape index (κ3) is 3.32. The molecule has 0 amide bonds. The molecule has 0 radical (unpaired) electrons. The molecule has 0 saturated carbocycles. The van der Waals surface area contributed by atoms with Crippen LogP contribution in [0.4, 0.5) is 5.69 Å². The molecular weight excluding hydrogens is 202 g/mol. The molecule has 0 atom stereocenters. The van der Waals surface area contributed by atoms with Crippen LogP contribution in [0.2, 0.25) is 0 Å². The number of rotatable bonds is 4. The SMILES string of the molecule is C#CCOC(=O)C(C)(C)Nc1ccccc1. The van der Waals surface area contributed by atoms with Crippen LogP contribution in [-0.4, -0.2) is 18.1 Å². The number of carbonyl (C=O) groups is 1. The normalized spacial score (nSPS) is 10.3. The summed E-state index contributed by atoms with van der Waals surface area (Å²) in [5.41, 5.74) is 0.0724. The molecule has 84 valence electrons. The van der Waals surface area contributed by atoms with Crippen molar-refractivity contribution >= 4 is 11.7 Å². The summed E-state index contributed by atoms with van der Waals surface area (Å²) in [6, 6.07) is 9.47. The number of hydrogen-bond acceptors (Lipinski definition) is 3. The van der Waals surface area contributed by atoms with Crippen molar-refractivity contribution in [3.8, 4) is 12.3 Å². The Kier molecular flexibility index (Phi) is 3.96. The fourth-order valence-corrected chi connectivity index (χ4v) is 1.22. The van der Waals surface area contributed by atoms with Gasteiger partial charge in [0.25, 0.3) is 0 Å². The lowest BCUT2D eigenvalue weighted by atomic mass is 10.1. The third-order valence-corrected chi connectivity index (χ3v) is 2.03. The van der Waals surface area contributed by atoms with Gasteiger partial charge >= 0.3 is 5.97 Å². The molecule has 1 N–H and O–H groups in total. The van der Waals surface area contributed by atoms with Crippen LogP contribution < -0.4 is 5.32 Å². The number of esters is 1. The predicted octanol–water partition coefficient (Wildman–Crippen LogP) is 2.05. The minimum Gasteiger partial charge on any atom is -0.451 e. The highest BCUT2D eigenvalue weighted by molar-refractivity contribution is 5.83. The van der Waals surface area contributed by atoms with Gasteiger partial charge in [0.05, 0.1) is 0 Å². The zero-order valence-electron chi connectivity index (χ0n) is 9.49. The quantitative estimate of drug-likeness (QED) is 0.619. The third-order valence-electron chi connectivity index (χ3n) is 2.03. The van der Waals surface area contributed by atoms with E-state index >= 15 is 0 Å². The molecule has 0 saturated heterocycles. The topological polar surface area (TPSA) is 38.3 Å². The number of nitrogens with one attached hydrogen (secondary N) is 1. The molecule has 16 heavy (non-hydrogen) atoms. The first-order valence-corrected chi connectivity index (χ1v) is 5.00. The molecule has 0 fully saturated rings. The molecule has 0 spiro atoms. The summed E-state index contributed by atoms with van der Waals surface area (Å²) in [5.74, 6) is 1.90. The standard InChI is InChI=1S/C13H15NO2/c1-4-10-16-12(15)13(2,3)14-11-8-6-5-7-9-11/h1,5-9,14H,10H2,2-3H3. The highest BCUT2D eigenvalue weighted by atomic mass is 16.5. The number of carbonyl (C=O) groups excluding carboxylic acids is 1. The molecule has 0 unspecified atom stereocenters. The summed E-state index contributed by atoms with van der Waals surface area (Å²) >= 11 is 0. The second-order valence-electron chi connectivity index (χ2n) is 3.90. The van der Waals surface area contributed by atoms with Crippen molar-refractivity contribution in [1.29, 1.82) is 0 Å². The van der Waals surface area contributed by atoms with E-state index in [0.29, 0.717) is 0 Å². The maximum atomic E-state index is 11.6. The lowest BCUT2D eigenvalue weighted by Gasteiger charge is -2.24. The Labute approximate surface area is 95.8 Å². The van der Waals surface area contributed by atoms with E-state index in [2.05, 4.69) is 11.2 Å². The van der Waals surface area contributed by atoms with Gasteiger partial charge in [-0.25, -0.2) is 4.79 Å². The Balaban J connectivity index is 2.65. The molecule has 0 aliphatic carbocycles. The summed E-state index contributed by atoms with van der Waals surface area (Å²) in [4.78, 5) is 11.6. The molecule has 0 aliphatic rings. The highest BCUT2D eigenvalue weighted by Gasteiger charge is 2.28. The average molecular weight is 217 g/mol. The average Bonchev–Trinajstić information content (AvgIpc) is 2.26. The Morgan fingerprint density at radius 3 is 2.62 bits per heavy atom. The summed E-state index contributed by atoms with van der Waals surface area (Å²) in [6.07, 6.45) is 5.03. The fraction of sp³-hybridized carbons (Fsp3) is 0.308. The van der Waals surface area contributed by atoms with E-state index in [1.54, 1.807) is 13.8 Å². The van der Waals surface area contributed by atoms with E-state index in [0.717, 1.165) is 5.69 Å². The van der Waals surface area contributed by atoms with Crippen molar-refractivity contribution in [2.45, 2.75) is 19.4 Å². The molecule has 1 aromatic rings. The van der Waals surface area contributed by atoms with Crippen molar-refractivity contribution in [1.82, 2.24) is 0 Å². The highest BCUT2D eigenvalue weighted by Crippen LogP contribution is 2.15. The Morgan fingerprint density at radius 2 is 2.06 bits per heavy atom. The van der Waals surface area contributed by atoms with Gasteiger partial charge in [-0.2, -0.15) is 0 Å². The Bertz CT molecular complexity index is 390. The molecule has 0 aromatic heterocycles. The van der Waals surface area contributed by atoms with Crippen molar-refractivity contribution in [2.75, 3.05) is 11.9 Å². The predicted molar refractivity (Wildman–Crippen MR) is 63.9 cm³/mol. The lowest BCUT2D eigenvalue weighted by molar-refractivity contribution is -0.146. The first-order chi connectivity index (χ1) is 7.56. The maximum Gasteiger partial charge on any atom is 0.332 e. The smallest absolute Gasteiger partial charge is 0.332 e. The van der Waals surface area contributed by atoms with Gasteiger partial charge in [0.1, 0.15) is 5.54 Å². The van der Waals surface area contributed by atoms with Crippen molar-refractivity contribution in [3.63, 3.8) is 0 Å². The lowest BCUT2D eigenvalue weighted by Crippen LogP contribution is -2.41. The van der Waals surface area contributed by atoms with Crippen molar-refractivity contribution < 1.29 is 9.53 Å². The van der Waals surface area contributed by atoms with Crippen LogP contribution in [0.15, 0.2) is 30.3 Å².